The zero-order valence-corrected chi connectivity index (χ0v) is 11.4. The molecule has 3 N–H and O–H groups in total. The Kier molecular flexibility index (Phi) is 5.34. The molecular weight excluding hydrogens is 240 g/mol. The molecule has 0 aromatic heterocycles. The lowest BCUT2D eigenvalue weighted by Gasteiger charge is -2.33. The molecule has 1 aliphatic heterocycles. The minimum absolute atomic E-state index is 0.0595. The van der Waals surface area contributed by atoms with Crippen molar-refractivity contribution in [1.82, 2.24) is 4.90 Å². The van der Waals surface area contributed by atoms with Crippen LogP contribution < -0.4 is 5.73 Å². The zero-order chi connectivity index (χ0) is 13.6. The fourth-order valence-corrected chi connectivity index (χ4v) is 2.67. The number of ether oxygens (including phenoxy) is 1. The highest BCUT2D eigenvalue weighted by Gasteiger charge is 2.35. The SMILES string of the molecule is NCC1(CN(CCO)Cc2ccccc2)CCOC1. The summed E-state index contributed by atoms with van der Waals surface area (Å²) in [5.41, 5.74) is 7.26. The molecule has 1 saturated heterocycles. The normalized spacial score (nSPS) is 23.1. The van der Waals surface area contributed by atoms with Gasteiger partial charge in [-0.05, 0) is 12.0 Å². The molecule has 0 spiro atoms. The van der Waals surface area contributed by atoms with Gasteiger partial charge in [-0.2, -0.15) is 0 Å². The van der Waals surface area contributed by atoms with Crippen molar-refractivity contribution in [1.29, 1.82) is 0 Å². The highest BCUT2D eigenvalue weighted by Crippen LogP contribution is 2.28. The molecule has 2 rings (SSSR count). The second-order valence-electron chi connectivity index (χ2n) is 5.43. The van der Waals surface area contributed by atoms with Crippen LogP contribution in [0.4, 0.5) is 0 Å². The van der Waals surface area contributed by atoms with E-state index in [1.807, 2.05) is 18.2 Å². The maximum absolute atomic E-state index is 9.24. The number of hydrogen-bond acceptors (Lipinski definition) is 4. The molecule has 4 nitrogen and oxygen atoms in total. The van der Waals surface area contributed by atoms with Crippen molar-refractivity contribution in [2.75, 3.05) is 39.5 Å². The summed E-state index contributed by atoms with van der Waals surface area (Å²) in [7, 11) is 0. The Balaban J connectivity index is 1.99. The molecule has 4 heteroatoms. The highest BCUT2D eigenvalue weighted by atomic mass is 16.5. The third-order valence-electron chi connectivity index (χ3n) is 3.84. The van der Waals surface area contributed by atoms with Crippen LogP contribution in [0.15, 0.2) is 30.3 Å². The summed E-state index contributed by atoms with van der Waals surface area (Å²) in [5, 5.41) is 9.24. The predicted molar refractivity (Wildman–Crippen MR) is 75.7 cm³/mol. The van der Waals surface area contributed by atoms with Crippen LogP contribution in [0.2, 0.25) is 0 Å². The molecule has 0 amide bonds. The number of aliphatic hydroxyl groups excluding tert-OH is 1. The van der Waals surface area contributed by atoms with Crippen molar-refractivity contribution in [3.63, 3.8) is 0 Å². The van der Waals surface area contributed by atoms with Crippen molar-refractivity contribution in [2.24, 2.45) is 11.1 Å². The Hall–Kier alpha value is -0.940. The number of rotatable bonds is 7. The molecular formula is C15H24N2O2. The Morgan fingerprint density at radius 3 is 2.68 bits per heavy atom. The fourth-order valence-electron chi connectivity index (χ4n) is 2.67. The Morgan fingerprint density at radius 1 is 1.32 bits per heavy atom. The number of nitrogens with two attached hydrogens (primary N) is 1. The lowest BCUT2D eigenvalue weighted by molar-refractivity contribution is 0.0985. The average molecular weight is 264 g/mol. The summed E-state index contributed by atoms with van der Waals surface area (Å²) in [6, 6.07) is 10.3. The predicted octanol–water partition coefficient (Wildman–Crippen LogP) is 0.846. The van der Waals surface area contributed by atoms with Crippen LogP contribution in [-0.4, -0.2) is 49.5 Å². The molecule has 19 heavy (non-hydrogen) atoms. The summed E-state index contributed by atoms with van der Waals surface area (Å²) in [6.45, 7) is 4.77. The van der Waals surface area contributed by atoms with Crippen LogP contribution in [0.1, 0.15) is 12.0 Å². The van der Waals surface area contributed by atoms with Crippen LogP contribution in [-0.2, 0) is 11.3 Å². The van der Waals surface area contributed by atoms with E-state index in [-0.39, 0.29) is 12.0 Å². The van der Waals surface area contributed by atoms with Gasteiger partial charge in [0.05, 0.1) is 13.2 Å². The van der Waals surface area contributed by atoms with E-state index in [1.54, 1.807) is 0 Å². The number of hydrogen-bond donors (Lipinski definition) is 2. The van der Waals surface area contributed by atoms with Gasteiger partial charge in [0.25, 0.3) is 0 Å². The summed E-state index contributed by atoms with van der Waals surface area (Å²) in [4.78, 5) is 2.27. The molecule has 106 valence electrons. The first-order chi connectivity index (χ1) is 9.28. The lowest BCUT2D eigenvalue weighted by atomic mass is 9.86. The minimum Gasteiger partial charge on any atom is -0.395 e. The Bertz CT molecular complexity index is 364. The van der Waals surface area contributed by atoms with Gasteiger partial charge in [-0.25, -0.2) is 0 Å². The van der Waals surface area contributed by atoms with Crippen molar-refractivity contribution in [3.05, 3.63) is 35.9 Å². The first-order valence-electron chi connectivity index (χ1n) is 6.93. The fraction of sp³-hybridized carbons (Fsp3) is 0.600. The van der Waals surface area contributed by atoms with Gasteiger partial charge in [0.1, 0.15) is 0 Å². The van der Waals surface area contributed by atoms with Crippen LogP contribution in [0, 0.1) is 5.41 Å². The average Bonchev–Trinajstić information content (AvgIpc) is 2.89. The van der Waals surface area contributed by atoms with Gasteiger partial charge in [0.15, 0.2) is 0 Å². The van der Waals surface area contributed by atoms with Gasteiger partial charge in [0, 0.05) is 38.2 Å². The largest absolute Gasteiger partial charge is 0.395 e. The zero-order valence-electron chi connectivity index (χ0n) is 11.4. The van der Waals surface area contributed by atoms with E-state index in [1.165, 1.54) is 5.56 Å². The van der Waals surface area contributed by atoms with Crippen LogP contribution >= 0.6 is 0 Å². The molecule has 1 aromatic carbocycles. The van der Waals surface area contributed by atoms with Crippen molar-refractivity contribution in [2.45, 2.75) is 13.0 Å². The van der Waals surface area contributed by atoms with Gasteiger partial charge in [0.2, 0.25) is 0 Å². The maximum atomic E-state index is 9.24. The van der Waals surface area contributed by atoms with Crippen LogP contribution in [0.5, 0.6) is 0 Å². The van der Waals surface area contributed by atoms with Gasteiger partial charge in [-0.1, -0.05) is 30.3 Å². The number of benzene rings is 1. The molecule has 1 unspecified atom stereocenters. The molecule has 1 fully saturated rings. The topological polar surface area (TPSA) is 58.7 Å². The first kappa shape index (κ1) is 14.5. The first-order valence-corrected chi connectivity index (χ1v) is 6.93. The standard InChI is InChI=1S/C15H24N2O2/c16-11-15(6-9-19-13-15)12-17(7-8-18)10-14-4-2-1-3-5-14/h1-5,18H,6-13,16H2. The summed E-state index contributed by atoms with van der Waals surface area (Å²) < 4.78 is 5.51. The molecule has 1 heterocycles. The lowest BCUT2D eigenvalue weighted by Crippen LogP contribution is -2.43. The second kappa shape index (κ2) is 7.01. The van der Waals surface area contributed by atoms with Gasteiger partial charge in [-0.3, -0.25) is 4.90 Å². The highest BCUT2D eigenvalue weighted by molar-refractivity contribution is 5.14. The molecule has 0 radical (unpaired) electrons. The van der Waals surface area contributed by atoms with E-state index in [0.29, 0.717) is 13.1 Å². The molecule has 0 aliphatic carbocycles. The smallest absolute Gasteiger partial charge is 0.0558 e. The molecule has 1 aliphatic rings. The number of aliphatic hydroxyl groups is 1. The minimum atomic E-state index is 0.0595. The Morgan fingerprint density at radius 2 is 2.11 bits per heavy atom. The second-order valence-corrected chi connectivity index (χ2v) is 5.43. The van der Waals surface area contributed by atoms with Gasteiger partial charge < -0.3 is 15.6 Å². The van der Waals surface area contributed by atoms with E-state index >= 15 is 0 Å². The monoisotopic (exact) mass is 264 g/mol. The van der Waals surface area contributed by atoms with E-state index in [0.717, 1.165) is 32.7 Å². The van der Waals surface area contributed by atoms with Crippen molar-refractivity contribution < 1.29 is 9.84 Å². The number of nitrogens with zero attached hydrogens (tertiary/aromatic N) is 1. The Labute approximate surface area is 115 Å². The quantitative estimate of drug-likeness (QED) is 0.766. The molecule has 1 aromatic rings. The van der Waals surface area contributed by atoms with E-state index in [9.17, 15) is 5.11 Å². The molecule has 0 saturated carbocycles. The van der Waals surface area contributed by atoms with E-state index in [2.05, 4.69) is 17.0 Å². The van der Waals surface area contributed by atoms with E-state index in [4.69, 9.17) is 10.5 Å². The van der Waals surface area contributed by atoms with Crippen LogP contribution in [0.25, 0.3) is 0 Å². The third-order valence-corrected chi connectivity index (χ3v) is 3.84. The van der Waals surface area contributed by atoms with Crippen LogP contribution in [0.3, 0.4) is 0 Å². The van der Waals surface area contributed by atoms with Gasteiger partial charge >= 0.3 is 0 Å². The summed E-state index contributed by atoms with van der Waals surface area (Å²) >= 11 is 0. The van der Waals surface area contributed by atoms with Crippen molar-refractivity contribution in [3.8, 4) is 0 Å². The summed E-state index contributed by atoms with van der Waals surface area (Å²) in [5.74, 6) is 0. The molecule has 0 bridgehead atoms. The maximum Gasteiger partial charge on any atom is 0.0558 e. The summed E-state index contributed by atoms with van der Waals surface area (Å²) in [6.07, 6.45) is 1.01. The third kappa shape index (κ3) is 4.01. The van der Waals surface area contributed by atoms with E-state index < -0.39 is 0 Å². The van der Waals surface area contributed by atoms with Crippen molar-refractivity contribution >= 4 is 0 Å². The molecule has 1 atom stereocenters. The van der Waals surface area contributed by atoms with Gasteiger partial charge in [-0.15, -0.1) is 0 Å².